The van der Waals surface area contributed by atoms with Gasteiger partial charge >= 0.3 is 0 Å². The smallest absolute Gasteiger partial charge is 0.120 e. The first kappa shape index (κ1) is 16.9. The zero-order valence-electron chi connectivity index (χ0n) is 15.5. The molecule has 0 bridgehead atoms. The lowest BCUT2D eigenvalue weighted by molar-refractivity contribution is 0.217. The minimum atomic E-state index is 0.200. The van der Waals surface area contributed by atoms with Crippen LogP contribution in [0, 0.1) is 13.8 Å². The molecule has 0 amide bonds. The number of fused-ring (bicyclic) bond motifs is 1. The van der Waals surface area contributed by atoms with Gasteiger partial charge in [0.1, 0.15) is 5.75 Å². The average molecular weight is 346 g/mol. The molecule has 3 aromatic rings. The fraction of sp³-hybridized carbons (Fsp3) is 0.304. The van der Waals surface area contributed by atoms with Gasteiger partial charge < -0.3 is 9.67 Å². The van der Waals surface area contributed by atoms with Crippen LogP contribution in [0.3, 0.4) is 0 Å². The summed E-state index contributed by atoms with van der Waals surface area (Å²) in [6.07, 6.45) is 3.30. The first-order valence-electron chi connectivity index (χ1n) is 9.36. The fourth-order valence-electron chi connectivity index (χ4n) is 3.99. The van der Waals surface area contributed by atoms with Crippen LogP contribution in [0.5, 0.6) is 5.75 Å². The molecule has 1 aromatic heterocycles. The molecule has 0 saturated heterocycles. The van der Waals surface area contributed by atoms with E-state index in [9.17, 15) is 5.11 Å². The summed E-state index contributed by atoms with van der Waals surface area (Å²) < 4.78 is 2.38. The molecule has 2 aromatic carbocycles. The molecular weight excluding hydrogens is 320 g/mol. The second kappa shape index (κ2) is 7.00. The van der Waals surface area contributed by atoms with Crippen LogP contribution in [0.4, 0.5) is 0 Å². The molecule has 134 valence electrons. The predicted molar refractivity (Wildman–Crippen MR) is 105 cm³/mol. The van der Waals surface area contributed by atoms with Gasteiger partial charge in [-0.25, -0.2) is 0 Å². The van der Waals surface area contributed by atoms with Gasteiger partial charge in [-0.15, -0.1) is 0 Å². The SMILES string of the molecule is Cc1ccc(C2c3cccn3CCCN2Cc2ccccc2O)cc1C. The topological polar surface area (TPSA) is 28.4 Å². The highest BCUT2D eigenvalue weighted by atomic mass is 16.3. The van der Waals surface area contributed by atoms with Crippen molar-refractivity contribution in [3.63, 3.8) is 0 Å². The lowest BCUT2D eigenvalue weighted by Crippen LogP contribution is -2.29. The zero-order valence-corrected chi connectivity index (χ0v) is 15.5. The molecule has 3 nitrogen and oxygen atoms in total. The number of aromatic hydroxyl groups is 1. The average Bonchev–Trinajstić information content (AvgIpc) is 3.01. The Morgan fingerprint density at radius 1 is 0.962 bits per heavy atom. The summed E-state index contributed by atoms with van der Waals surface area (Å²) in [6.45, 7) is 7.14. The molecule has 0 saturated carbocycles. The van der Waals surface area contributed by atoms with Gasteiger partial charge in [-0.1, -0.05) is 36.4 Å². The molecule has 0 aliphatic carbocycles. The maximum Gasteiger partial charge on any atom is 0.120 e. The van der Waals surface area contributed by atoms with Gasteiger partial charge in [0.25, 0.3) is 0 Å². The lowest BCUT2D eigenvalue weighted by Gasteiger charge is -2.31. The van der Waals surface area contributed by atoms with Crippen molar-refractivity contribution >= 4 is 0 Å². The molecule has 1 N–H and O–H groups in total. The summed E-state index contributed by atoms with van der Waals surface area (Å²) in [7, 11) is 0. The minimum Gasteiger partial charge on any atom is -0.508 e. The van der Waals surface area contributed by atoms with Crippen LogP contribution in [0.2, 0.25) is 0 Å². The fourth-order valence-corrected chi connectivity index (χ4v) is 3.99. The van der Waals surface area contributed by atoms with Crippen LogP contribution < -0.4 is 0 Å². The highest BCUT2D eigenvalue weighted by Crippen LogP contribution is 2.34. The molecule has 2 heterocycles. The summed E-state index contributed by atoms with van der Waals surface area (Å²) in [5, 5.41) is 10.3. The molecule has 1 aliphatic heterocycles. The number of benzene rings is 2. The van der Waals surface area contributed by atoms with Gasteiger partial charge in [0.15, 0.2) is 0 Å². The molecule has 0 spiro atoms. The number of hydrogen-bond acceptors (Lipinski definition) is 2. The second-order valence-corrected chi connectivity index (χ2v) is 7.33. The minimum absolute atomic E-state index is 0.200. The van der Waals surface area contributed by atoms with Crippen molar-refractivity contribution in [1.29, 1.82) is 0 Å². The Labute approximate surface area is 155 Å². The third-order valence-corrected chi connectivity index (χ3v) is 5.57. The highest BCUT2D eigenvalue weighted by Gasteiger charge is 2.28. The molecule has 1 atom stereocenters. The number of aromatic nitrogens is 1. The van der Waals surface area contributed by atoms with Crippen molar-refractivity contribution in [3.8, 4) is 5.75 Å². The van der Waals surface area contributed by atoms with E-state index in [1.54, 1.807) is 6.07 Å². The maximum atomic E-state index is 10.3. The predicted octanol–water partition coefficient (Wildman–Crippen LogP) is 4.81. The van der Waals surface area contributed by atoms with Crippen LogP contribution in [0.1, 0.15) is 40.4 Å². The Hall–Kier alpha value is -2.52. The van der Waals surface area contributed by atoms with Crippen molar-refractivity contribution < 1.29 is 5.11 Å². The quantitative estimate of drug-likeness (QED) is 0.737. The largest absolute Gasteiger partial charge is 0.508 e. The van der Waals surface area contributed by atoms with E-state index in [0.29, 0.717) is 5.75 Å². The van der Waals surface area contributed by atoms with Crippen molar-refractivity contribution in [2.24, 2.45) is 0 Å². The lowest BCUT2D eigenvalue weighted by atomic mass is 9.97. The Morgan fingerprint density at radius 3 is 2.62 bits per heavy atom. The number of para-hydroxylation sites is 1. The van der Waals surface area contributed by atoms with Gasteiger partial charge in [-0.2, -0.15) is 0 Å². The molecule has 3 heteroatoms. The first-order chi connectivity index (χ1) is 12.6. The van der Waals surface area contributed by atoms with E-state index in [-0.39, 0.29) is 6.04 Å². The summed E-state index contributed by atoms with van der Waals surface area (Å²) in [4.78, 5) is 2.50. The molecule has 0 fully saturated rings. The second-order valence-electron chi connectivity index (χ2n) is 7.33. The number of rotatable bonds is 3. The molecular formula is C23H26N2O. The molecule has 26 heavy (non-hydrogen) atoms. The molecule has 0 radical (unpaired) electrons. The number of hydrogen-bond donors (Lipinski definition) is 1. The Balaban J connectivity index is 1.78. The standard InChI is InChI=1S/C23H26N2O/c1-17-10-11-19(15-18(17)2)23-21-8-5-12-24(21)13-6-14-25(23)16-20-7-3-4-9-22(20)26/h3-5,7-12,15,23,26H,6,13-14,16H2,1-2H3. The van der Waals surface area contributed by atoms with Crippen LogP contribution in [0.15, 0.2) is 60.8 Å². The third-order valence-electron chi connectivity index (χ3n) is 5.57. The zero-order chi connectivity index (χ0) is 18.1. The van der Waals surface area contributed by atoms with Gasteiger partial charge in [-0.05, 0) is 55.2 Å². The Morgan fingerprint density at radius 2 is 1.81 bits per heavy atom. The number of aryl methyl sites for hydroxylation is 3. The number of phenols is 1. The van der Waals surface area contributed by atoms with Crippen molar-refractivity contribution in [1.82, 2.24) is 9.47 Å². The van der Waals surface area contributed by atoms with Crippen molar-refractivity contribution in [3.05, 3.63) is 88.7 Å². The van der Waals surface area contributed by atoms with E-state index in [0.717, 1.165) is 31.6 Å². The van der Waals surface area contributed by atoms with Crippen molar-refractivity contribution in [2.45, 2.75) is 39.4 Å². The van der Waals surface area contributed by atoms with Crippen LogP contribution >= 0.6 is 0 Å². The monoisotopic (exact) mass is 346 g/mol. The summed E-state index contributed by atoms with van der Waals surface area (Å²) in [5.74, 6) is 0.381. The number of phenolic OH excluding ortho intramolecular Hbond substituents is 1. The van der Waals surface area contributed by atoms with E-state index in [4.69, 9.17) is 0 Å². The van der Waals surface area contributed by atoms with Gasteiger partial charge in [-0.3, -0.25) is 4.90 Å². The van der Waals surface area contributed by atoms with Crippen LogP contribution in [0.25, 0.3) is 0 Å². The summed E-state index contributed by atoms with van der Waals surface area (Å²) in [6, 6.07) is 19.1. The Bertz CT molecular complexity index is 912. The van der Waals surface area contributed by atoms with E-state index in [2.05, 4.69) is 59.8 Å². The molecule has 4 rings (SSSR count). The Kier molecular flexibility index (Phi) is 4.56. The summed E-state index contributed by atoms with van der Waals surface area (Å²) >= 11 is 0. The van der Waals surface area contributed by atoms with Gasteiger partial charge in [0.2, 0.25) is 0 Å². The van der Waals surface area contributed by atoms with E-state index >= 15 is 0 Å². The third kappa shape index (κ3) is 3.15. The number of nitrogens with zero attached hydrogens (tertiary/aromatic N) is 2. The summed E-state index contributed by atoms with van der Waals surface area (Å²) in [5.41, 5.74) is 6.30. The highest BCUT2D eigenvalue weighted by molar-refractivity contribution is 5.37. The molecule has 1 unspecified atom stereocenters. The van der Waals surface area contributed by atoms with E-state index < -0.39 is 0 Å². The maximum absolute atomic E-state index is 10.3. The van der Waals surface area contributed by atoms with E-state index in [1.165, 1.54) is 22.4 Å². The van der Waals surface area contributed by atoms with Crippen molar-refractivity contribution in [2.75, 3.05) is 6.54 Å². The van der Waals surface area contributed by atoms with Crippen LogP contribution in [-0.2, 0) is 13.1 Å². The van der Waals surface area contributed by atoms with Gasteiger partial charge in [0, 0.05) is 37.1 Å². The first-order valence-corrected chi connectivity index (χ1v) is 9.36. The van der Waals surface area contributed by atoms with Gasteiger partial charge in [0.05, 0.1) is 6.04 Å². The normalized spacial score (nSPS) is 17.7. The van der Waals surface area contributed by atoms with E-state index in [1.807, 2.05) is 18.2 Å². The van der Waals surface area contributed by atoms with Crippen LogP contribution in [-0.4, -0.2) is 21.1 Å². The molecule has 1 aliphatic rings.